The van der Waals surface area contributed by atoms with Crippen molar-refractivity contribution in [1.29, 1.82) is 0 Å². The topological polar surface area (TPSA) is 9.23 Å². The predicted molar refractivity (Wildman–Crippen MR) is 34.3 cm³/mol. The number of rotatable bonds is 2. The molecule has 0 N–H and O–H groups in total. The number of allylic oxidation sites excluding steroid dienone is 1. The van der Waals surface area contributed by atoms with Crippen LogP contribution in [0, 0.1) is 0 Å². The smallest absolute Gasteiger partial charge is 0.0991 e. The van der Waals surface area contributed by atoms with Crippen LogP contribution in [0.4, 0.5) is 0 Å². The van der Waals surface area contributed by atoms with E-state index in [9.17, 15) is 0 Å². The van der Waals surface area contributed by atoms with Crippen LogP contribution in [0.5, 0.6) is 0 Å². The second-order valence-corrected chi connectivity index (χ2v) is 2.02. The van der Waals surface area contributed by atoms with Crippen LogP contribution in [-0.2, 0) is 3.83 Å². The second kappa shape index (κ2) is 4.34. The summed E-state index contributed by atoms with van der Waals surface area (Å²) in [5, 5.41) is 0. The van der Waals surface area contributed by atoms with Crippen molar-refractivity contribution >= 4 is 16.3 Å². The summed E-state index contributed by atoms with van der Waals surface area (Å²) in [5.74, 6) is 0. The van der Waals surface area contributed by atoms with Crippen LogP contribution in [-0.4, -0.2) is 6.61 Å². The molecule has 0 radical (unpaired) electrons. The molecule has 0 aromatic carbocycles. The van der Waals surface area contributed by atoms with Crippen molar-refractivity contribution in [1.82, 2.24) is 0 Å². The summed E-state index contributed by atoms with van der Waals surface area (Å²) in [6.45, 7) is 4.72. The molecule has 0 spiro atoms. The van der Waals surface area contributed by atoms with Gasteiger partial charge < -0.3 is 3.83 Å². The predicted octanol–water partition coefficient (Wildman–Crippen LogP) is 2.28. The van der Waals surface area contributed by atoms with Gasteiger partial charge in [-0.15, -0.1) is 0 Å². The Morgan fingerprint density at radius 2 is 2.29 bits per heavy atom. The van der Waals surface area contributed by atoms with Crippen LogP contribution in [0.25, 0.3) is 0 Å². The molecule has 0 atom stereocenters. The maximum atomic E-state index is 4.59. The summed E-state index contributed by atoms with van der Waals surface area (Å²) in [6, 6.07) is 0. The zero-order valence-electron chi connectivity index (χ0n) is 4.57. The third-order valence-electron chi connectivity index (χ3n) is 0.555. The van der Waals surface area contributed by atoms with E-state index in [0.29, 0.717) is 6.61 Å². The lowest BCUT2D eigenvalue weighted by molar-refractivity contribution is 0.453. The van der Waals surface area contributed by atoms with Gasteiger partial charge in [-0.2, -0.15) is 0 Å². The van der Waals surface area contributed by atoms with Crippen LogP contribution in [0.15, 0.2) is 11.6 Å². The minimum atomic E-state index is 0.655. The van der Waals surface area contributed by atoms with E-state index >= 15 is 0 Å². The molecule has 42 valence electrons. The fourth-order valence-electron chi connectivity index (χ4n) is 0.198. The molecule has 0 aliphatic carbocycles. The van der Waals surface area contributed by atoms with Gasteiger partial charge in [-0.3, -0.25) is 0 Å². The van der Waals surface area contributed by atoms with E-state index in [4.69, 9.17) is 0 Å². The molecule has 0 aliphatic heterocycles. The van der Waals surface area contributed by atoms with Crippen molar-refractivity contribution in [2.24, 2.45) is 0 Å². The maximum absolute atomic E-state index is 4.59. The van der Waals surface area contributed by atoms with Crippen molar-refractivity contribution in [3.63, 3.8) is 0 Å². The first kappa shape index (κ1) is 7.18. The Hall–Kier alpha value is 0.180. The molecular weight excluding hydrogens is 156 g/mol. The van der Waals surface area contributed by atoms with Gasteiger partial charge in [0.2, 0.25) is 0 Å². The highest BCUT2D eigenvalue weighted by molar-refractivity contribution is 9.06. The summed E-state index contributed by atoms with van der Waals surface area (Å²) >= 11 is 2.83. The average Bonchev–Trinajstić information content (AvgIpc) is 1.61. The lowest BCUT2D eigenvalue weighted by Gasteiger charge is -1.85. The van der Waals surface area contributed by atoms with Crippen molar-refractivity contribution in [2.45, 2.75) is 13.8 Å². The molecule has 0 heterocycles. The molecule has 0 aromatic rings. The van der Waals surface area contributed by atoms with Gasteiger partial charge in [0, 0.05) is 0 Å². The van der Waals surface area contributed by atoms with Crippen molar-refractivity contribution in [3.05, 3.63) is 11.6 Å². The number of halogens is 1. The van der Waals surface area contributed by atoms with Gasteiger partial charge in [0.1, 0.15) is 0 Å². The largest absolute Gasteiger partial charge is 0.304 e. The first-order chi connectivity index (χ1) is 3.27. The van der Waals surface area contributed by atoms with E-state index in [2.05, 4.69) is 20.1 Å². The SMILES string of the molecule is CC(C)=CCOBr. The van der Waals surface area contributed by atoms with Crippen molar-refractivity contribution in [3.8, 4) is 0 Å². The Bertz CT molecular complexity index is 64.5. The van der Waals surface area contributed by atoms with E-state index in [1.807, 2.05) is 19.9 Å². The molecule has 0 fully saturated rings. The van der Waals surface area contributed by atoms with Crippen LogP contribution < -0.4 is 0 Å². The van der Waals surface area contributed by atoms with Crippen molar-refractivity contribution < 1.29 is 3.83 Å². The van der Waals surface area contributed by atoms with E-state index in [1.54, 1.807) is 0 Å². The molecule has 0 saturated heterocycles. The molecule has 7 heavy (non-hydrogen) atoms. The molecule has 0 rings (SSSR count). The number of hydrogen-bond acceptors (Lipinski definition) is 1. The fourth-order valence-corrected chi connectivity index (χ4v) is 0.330. The van der Waals surface area contributed by atoms with Crippen LogP contribution in [0.2, 0.25) is 0 Å². The second-order valence-electron chi connectivity index (χ2n) is 1.56. The summed E-state index contributed by atoms with van der Waals surface area (Å²) in [7, 11) is 0. The zero-order valence-corrected chi connectivity index (χ0v) is 6.16. The Labute approximate surface area is 52.8 Å². The Morgan fingerprint density at radius 1 is 1.71 bits per heavy atom. The minimum absolute atomic E-state index is 0.655. The zero-order chi connectivity index (χ0) is 5.70. The van der Waals surface area contributed by atoms with Crippen LogP contribution in [0.1, 0.15) is 13.8 Å². The van der Waals surface area contributed by atoms with Crippen LogP contribution >= 0.6 is 16.3 Å². The Balaban J connectivity index is 3.08. The van der Waals surface area contributed by atoms with Gasteiger partial charge in [0.25, 0.3) is 0 Å². The fraction of sp³-hybridized carbons (Fsp3) is 0.600. The maximum Gasteiger partial charge on any atom is 0.0991 e. The molecular formula is C5H9BrO. The summed E-state index contributed by atoms with van der Waals surface area (Å²) in [5.41, 5.74) is 1.28. The summed E-state index contributed by atoms with van der Waals surface area (Å²) in [4.78, 5) is 0. The first-order valence-electron chi connectivity index (χ1n) is 2.14. The average molecular weight is 165 g/mol. The van der Waals surface area contributed by atoms with Gasteiger partial charge in [-0.05, 0) is 13.8 Å². The first-order valence-corrected chi connectivity index (χ1v) is 2.79. The highest BCUT2D eigenvalue weighted by Gasteiger charge is 1.73. The molecule has 2 heteroatoms. The molecule has 0 aromatic heterocycles. The van der Waals surface area contributed by atoms with Crippen molar-refractivity contribution in [2.75, 3.05) is 6.61 Å². The van der Waals surface area contributed by atoms with E-state index in [-0.39, 0.29) is 0 Å². The van der Waals surface area contributed by atoms with E-state index in [0.717, 1.165) is 0 Å². The molecule has 1 nitrogen and oxygen atoms in total. The molecule has 0 saturated carbocycles. The van der Waals surface area contributed by atoms with E-state index in [1.165, 1.54) is 5.57 Å². The Kier molecular flexibility index (Phi) is 4.45. The molecule has 0 aliphatic rings. The van der Waals surface area contributed by atoms with Crippen LogP contribution in [0.3, 0.4) is 0 Å². The highest BCUT2D eigenvalue weighted by atomic mass is 79.9. The minimum Gasteiger partial charge on any atom is -0.304 e. The third kappa shape index (κ3) is 6.18. The van der Waals surface area contributed by atoms with Gasteiger partial charge >= 0.3 is 0 Å². The highest BCUT2D eigenvalue weighted by Crippen LogP contribution is 1.90. The lowest BCUT2D eigenvalue weighted by atomic mass is 10.3. The Morgan fingerprint density at radius 3 is 2.43 bits per heavy atom. The summed E-state index contributed by atoms with van der Waals surface area (Å²) < 4.78 is 4.59. The normalized spacial score (nSPS) is 8.43. The third-order valence-corrected chi connectivity index (χ3v) is 0.819. The summed E-state index contributed by atoms with van der Waals surface area (Å²) in [6.07, 6.45) is 1.99. The standard InChI is InChI=1S/C5H9BrO/c1-5(2)3-4-7-6/h3H,4H2,1-2H3. The van der Waals surface area contributed by atoms with E-state index < -0.39 is 0 Å². The van der Waals surface area contributed by atoms with Gasteiger partial charge in [0.05, 0.1) is 22.9 Å². The van der Waals surface area contributed by atoms with Gasteiger partial charge in [-0.25, -0.2) is 0 Å². The molecule has 0 unspecified atom stereocenters. The quantitative estimate of drug-likeness (QED) is 0.570. The molecule has 0 bridgehead atoms. The van der Waals surface area contributed by atoms with Gasteiger partial charge in [0.15, 0.2) is 0 Å². The molecule has 0 amide bonds. The monoisotopic (exact) mass is 164 g/mol. The number of hydrogen-bond donors (Lipinski definition) is 0. The lowest BCUT2D eigenvalue weighted by Crippen LogP contribution is -1.74. The van der Waals surface area contributed by atoms with Gasteiger partial charge in [-0.1, -0.05) is 11.6 Å².